The van der Waals surface area contributed by atoms with Crippen molar-refractivity contribution in [3.63, 3.8) is 0 Å². The average molecular weight is 270 g/mol. The number of aliphatic hydroxyl groups is 1. The minimum absolute atomic E-state index is 0.0281. The van der Waals surface area contributed by atoms with Gasteiger partial charge >= 0.3 is 0 Å². The fourth-order valence-electron chi connectivity index (χ4n) is 2.73. The van der Waals surface area contributed by atoms with Gasteiger partial charge in [0.05, 0.1) is 6.54 Å². The number of aliphatic hydroxyl groups excluding tert-OH is 1. The van der Waals surface area contributed by atoms with E-state index in [9.17, 15) is 9.90 Å². The Bertz CT molecular complexity index is 271. The van der Waals surface area contributed by atoms with Crippen LogP contribution in [-0.2, 0) is 4.79 Å². The van der Waals surface area contributed by atoms with Crippen molar-refractivity contribution in [2.24, 2.45) is 5.41 Å². The summed E-state index contributed by atoms with van der Waals surface area (Å²) in [5.74, 6) is 0.124. The second-order valence-corrected chi connectivity index (χ2v) is 6.19. The first-order valence-corrected chi connectivity index (χ1v) is 7.69. The molecule has 0 aromatic heterocycles. The summed E-state index contributed by atoms with van der Waals surface area (Å²) in [6, 6.07) is 0. The molecule has 1 fully saturated rings. The Labute approximate surface area is 117 Å². The first-order valence-electron chi connectivity index (χ1n) is 7.69. The highest BCUT2D eigenvalue weighted by atomic mass is 16.3. The van der Waals surface area contributed by atoms with Gasteiger partial charge in [0, 0.05) is 25.1 Å². The number of amides is 1. The summed E-state index contributed by atoms with van der Waals surface area (Å²) >= 11 is 0. The molecule has 1 aliphatic rings. The molecule has 112 valence electrons. The predicted molar refractivity (Wildman–Crippen MR) is 78.0 cm³/mol. The van der Waals surface area contributed by atoms with Gasteiger partial charge in [-0.2, -0.15) is 0 Å². The molecule has 0 radical (unpaired) electrons. The number of carbonyl (C=O) groups is 1. The molecule has 0 saturated carbocycles. The third-order valence-corrected chi connectivity index (χ3v) is 3.96. The number of piperidine rings is 1. The zero-order valence-corrected chi connectivity index (χ0v) is 12.6. The van der Waals surface area contributed by atoms with Crippen LogP contribution in [0.3, 0.4) is 0 Å². The summed E-state index contributed by atoms with van der Waals surface area (Å²) in [6.07, 6.45) is 6.87. The van der Waals surface area contributed by atoms with Crippen molar-refractivity contribution in [2.45, 2.75) is 52.4 Å². The van der Waals surface area contributed by atoms with Gasteiger partial charge in [0.1, 0.15) is 0 Å². The summed E-state index contributed by atoms with van der Waals surface area (Å²) in [4.78, 5) is 14.0. The van der Waals surface area contributed by atoms with Crippen molar-refractivity contribution >= 4 is 5.91 Å². The molecule has 4 nitrogen and oxygen atoms in total. The molecule has 0 aromatic rings. The summed E-state index contributed by atoms with van der Waals surface area (Å²) in [6.45, 7) is 7.57. The maximum absolute atomic E-state index is 11.8. The molecule has 4 heteroatoms. The zero-order valence-electron chi connectivity index (χ0n) is 12.6. The van der Waals surface area contributed by atoms with Gasteiger partial charge in [-0.1, -0.05) is 33.1 Å². The van der Waals surface area contributed by atoms with Gasteiger partial charge in [-0.05, 0) is 25.8 Å². The quantitative estimate of drug-likeness (QED) is 0.661. The van der Waals surface area contributed by atoms with Crippen LogP contribution in [-0.4, -0.2) is 48.7 Å². The number of unbranched alkanes of at least 4 members (excludes halogenated alkanes) is 3. The van der Waals surface area contributed by atoms with Crippen LogP contribution >= 0.6 is 0 Å². The third-order valence-electron chi connectivity index (χ3n) is 3.96. The number of likely N-dealkylation sites (tertiary alicyclic amines) is 1. The maximum Gasteiger partial charge on any atom is 0.234 e. The molecule has 1 rings (SSSR count). The van der Waals surface area contributed by atoms with E-state index < -0.39 is 0 Å². The van der Waals surface area contributed by atoms with E-state index in [0.717, 1.165) is 38.9 Å². The van der Waals surface area contributed by atoms with Crippen LogP contribution in [0, 0.1) is 5.41 Å². The van der Waals surface area contributed by atoms with Crippen molar-refractivity contribution < 1.29 is 9.90 Å². The first-order chi connectivity index (χ1) is 9.09. The van der Waals surface area contributed by atoms with E-state index in [4.69, 9.17) is 0 Å². The van der Waals surface area contributed by atoms with Crippen molar-refractivity contribution in [1.29, 1.82) is 0 Å². The van der Waals surface area contributed by atoms with E-state index in [1.807, 2.05) is 0 Å². The highest BCUT2D eigenvalue weighted by Crippen LogP contribution is 2.28. The molecule has 0 spiro atoms. The molecule has 1 saturated heterocycles. The van der Waals surface area contributed by atoms with E-state index in [1.54, 1.807) is 0 Å². The Balaban J connectivity index is 2.17. The molecular formula is C15H30N2O2. The lowest BCUT2D eigenvalue weighted by Crippen LogP contribution is -2.47. The molecule has 2 N–H and O–H groups in total. The predicted octanol–water partition coefficient (Wildman–Crippen LogP) is 1.78. The van der Waals surface area contributed by atoms with Gasteiger partial charge in [-0.3, -0.25) is 9.69 Å². The fourth-order valence-corrected chi connectivity index (χ4v) is 2.73. The number of hydrogen-bond acceptors (Lipinski definition) is 3. The van der Waals surface area contributed by atoms with E-state index >= 15 is 0 Å². The topological polar surface area (TPSA) is 52.6 Å². The van der Waals surface area contributed by atoms with Gasteiger partial charge < -0.3 is 10.4 Å². The van der Waals surface area contributed by atoms with Crippen molar-refractivity contribution in [2.75, 3.05) is 32.8 Å². The molecule has 1 heterocycles. The highest BCUT2D eigenvalue weighted by molar-refractivity contribution is 5.77. The van der Waals surface area contributed by atoms with Crippen molar-refractivity contribution in [3.05, 3.63) is 0 Å². The average Bonchev–Trinajstić information content (AvgIpc) is 2.38. The Morgan fingerprint density at radius 1 is 1.37 bits per heavy atom. The molecule has 19 heavy (non-hydrogen) atoms. The SMILES string of the molecule is CCCCCCNC(=O)CN1CCCC(C)(CO)C1. The lowest BCUT2D eigenvalue weighted by Gasteiger charge is -2.38. The van der Waals surface area contributed by atoms with Gasteiger partial charge in [-0.25, -0.2) is 0 Å². The third kappa shape index (κ3) is 6.39. The van der Waals surface area contributed by atoms with Crippen molar-refractivity contribution in [3.8, 4) is 0 Å². The second kappa shape index (κ2) is 8.54. The molecule has 1 aliphatic heterocycles. The molecule has 1 amide bonds. The van der Waals surface area contributed by atoms with Crippen LogP contribution in [0.5, 0.6) is 0 Å². The lowest BCUT2D eigenvalue weighted by atomic mass is 9.83. The van der Waals surface area contributed by atoms with Crippen LogP contribution < -0.4 is 5.32 Å². The van der Waals surface area contributed by atoms with Crippen LogP contribution in [0.15, 0.2) is 0 Å². The van der Waals surface area contributed by atoms with E-state index in [0.29, 0.717) is 6.54 Å². The second-order valence-electron chi connectivity index (χ2n) is 6.19. The highest BCUT2D eigenvalue weighted by Gasteiger charge is 2.30. The Kier molecular flexibility index (Phi) is 7.39. The largest absolute Gasteiger partial charge is 0.396 e. The van der Waals surface area contributed by atoms with Gasteiger partial charge in [0.2, 0.25) is 5.91 Å². The molecule has 0 aliphatic carbocycles. The zero-order chi connectivity index (χ0) is 14.1. The number of rotatable bonds is 8. The summed E-state index contributed by atoms with van der Waals surface area (Å²) < 4.78 is 0. The standard InChI is InChI=1S/C15H30N2O2/c1-3-4-5-6-9-16-14(19)11-17-10-7-8-15(2,12-17)13-18/h18H,3-13H2,1-2H3,(H,16,19). The normalized spacial score (nSPS) is 24.4. The number of hydrogen-bond donors (Lipinski definition) is 2. The fraction of sp³-hybridized carbons (Fsp3) is 0.933. The number of carbonyl (C=O) groups excluding carboxylic acids is 1. The lowest BCUT2D eigenvalue weighted by molar-refractivity contribution is -0.123. The van der Waals surface area contributed by atoms with Crippen LogP contribution in [0.1, 0.15) is 52.4 Å². The minimum atomic E-state index is -0.0281. The Morgan fingerprint density at radius 3 is 2.84 bits per heavy atom. The Morgan fingerprint density at radius 2 is 2.16 bits per heavy atom. The van der Waals surface area contributed by atoms with E-state index in [2.05, 4.69) is 24.1 Å². The minimum Gasteiger partial charge on any atom is -0.396 e. The molecule has 1 unspecified atom stereocenters. The number of nitrogens with zero attached hydrogens (tertiary/aromatic N) is 1. The number of nitrogens with one attached hydrogen (secondary N) is 1. The van der Waals surface area contributed by atoms with E-state index in [-0.39, 0.29) is 17.9 Å². The monoisotopic (exact) mass is 270 g/mol. The van der Waals surface area contributed by atoms with Crippen LogP contribution in [0.2, 0.25) is 0 Å². The first kappa shape index (κ1) is 16.4. The van der Waals surface area contributed by atoms with Gasteiger partial charge in [0.25, 0.3) is 0 Å². The van der Waals surface area contributed by atoms with Gasteiger partial charge in [0.15, 0.2) is 0 Å². The Hall–Kier alpha value is -0.610. The smallest absolute Gasteiger partial charge is 0.234 e. The molecular weight excluding hydrogens is 240 g/mol. The molecule has 0 bridgehead atoms. The summed E-state index contributed by atoms with van der Waals surface area (Å²) in [7, 11) is 0. The summed E-state index contributed by atoms with van der Waals surface area (Å²) in [5.41, 5.74) is -0.0281. The van der Waals surface area contributed by atoms with E-state index in [1.165, 1.54) is 19.3 Å². The summed E-state index contributed by atoms with van der Waals surface area (Å²) in [5, 5.41) is 12.4. The molecule has 1 atom stereocenters. The van der Waals surface area contributed by atoms with Crippen LogP contribution in [0.4, 0.5) is 0 Å². The van der Waals surface area contributed by atoms with Crippen molar-refractivity contribution in [1.82, 2.24) is 10.2 Å². The molecule has 0 aromatic carbocycles. The van der Waals surface area contributed by atoms with Gasteiger partial charge in [-0.15, -0.1) is 0 Å². The maximum atomic E-state index is 11.8. The van der Waals surface area contributed by atoms with Crippen LogP contribution in [0.25, 0.3) is 0 Å².